The number of aliphatic imine (C=N–C) groups is 1. The summed E-state index contributed by atoms with van der Waals surface area (Å²) in [5.41, 5.74) is -6.98. The zero-order chi connectivity index (χ0) is 25.0. The number of nitrogens with zero attached hydrogens (tertiary/aromatic N) is 3. The van der Waals surface area contributed by atoms with Crippen LogP contribution in [0.1, 0.15) is 16.8 Å². The smallest absolute Gasteiger partial charge is 0.356 e. The van der Waals surface area contributed by atoms with Crippen LogP contribution in [-0.4, -0.2) is 43.1 Å². The fourth-order valence-electron chi connectivity index (χ4n) is 2.35. The molecule has 2 aromatic rings. The second kappa shape index (κ2) is 9.95. The van der Waals surface area contributed by atoms with Crippen LogP contribution in [0.25, 0.3) is 11.1 Å². The van der Waals surface area contributed by atoms with E-state index in [1.54, 1.807) is 6.26 Å². The molecule has 0 saturated heterocycles. The molecule has 14 heteroatoms. The van der Waals surface area contributed by atoms with E-state index in [1.807, 2.05) is 0 Å². The molecule has 0 bridgehead atoms. The third kappa shape index (κ3) is 6.57. The van der Waals surface area contributed by atoms with Gasteiger partial charge in [-0.3, -0.25) is 4.99 Å². The molecule has 1 aromatic heterocycles. The van der Waals surface area contributed by atoms with Gasteiger partial charge in [0.2, 0.25) is 5.90 Å². The first-order valence-electron chi connectivity index (χ1n) is 8.63. The van der Waals surface area contributed by atoms with E-state index < -0.39 is 33.3 Å². The number of hydrogen-bond acceptors (Lipinski definition) is 7. The van der Waals surface area contributed by atoms with Crippen LogP contribution < -0.4 is 0 Å². The maximum Gasteiger partial charge on any atom is 0.534 e. The highest BCUT2D eigenvalue weighted by Crippen LogP contribution is 2.35. The molecule has 0 aliphatic rings. The van der Waals surface area contributed by atoms with Crippen molar-refractivity contribution >= 4 is 38.9 Å². The molecule has 0 saturated carbocycles. The lowest BCUT2D eigenvalue weighted by atomic mass is 9.95. The van der Waals surface area contributed by atoms with Gasteiger partial charge in [-0.25, -0.2) is 9.97 Å². The van der Waals surface area contributed by atoms with Crippen molar-refractivity contribution in [1.82, 2.24) is 9.97 Å². The molecular weight excluding hydrogens is 496 g/mol. The molecule has 178 valence electrons. The summed E-state index contributed by atoms with van der Waals surface area (Å²) in [7, 11) is -5.09. The molecule has 2 rings (SSSR count). The van der Waals surface area contributed by atoms with Gasteiger partial charge >= 0.3 is 21.8 Å². The Labute approximate surface area is 189 Å². The summed E-state index contributed by atoms with van der Waals surface area (Å²) < 4.78 is 104. The number of hydrogen-bond donors (Lipinski definition) is 0. The molecule has 0 spiro atoms. The van der Waals surface area contributed by atoms with E-state index in [0.29, 0.717) is 0 Å². The Bertz CT molecular complexity index is 1210. The minimum absolute atomic E-state index is 0.0333. The summed E-state index contributed by atoms with van der Waals surface area (Å²) in [6.45, 7) is 3.73. The van der Waals surface area contributed by atoms with E-state index in [-0.39, 0.29) is 27.6 Å². The summed E-state index contributed by atoms with van der Waals surface area (Å²) in [5, 5.41) is 0.231. The standard InChI is InChI=1S/C19H15F6N3O3S2/c1-11(12-5-4-6-13(9-12)18(20,21)22)14(15-7-8-27-17(28-15)32-3)10-16(26-2)31-33(29,30)19(23,24)25/h4-10H,1H2,2-3H3/b14-10+,26-16?. The van der Waals surface area contributed by atoms with Crippen molar-refractivity contribution in [3.8, 4) is 0 Å². The van der Waals surface area contributed by atoms with Crippen LogP contribution in [-0.2, 0) is 20.5 Å². The molecule has 0 N–H and O–H groups in total. The Morgan fingerprint density at radius 2 is 1.85 bits per heavy atom. The van der Waals surface area contributed by atoms with Crippen molar-refractivity contribution < 1.29 is 38.9 Å². The molecule has 0 aliphatic heterocycles. The minimum atomic E-state index is -6.06. The van der Waals surface area contributed by atoms with Crippen molar-refractivity contribution in [2.75, 3.05) is 13.3 Å². The van der Waals surface area contributed by atoms with Crippen LogP contribution in [0.5, 0.6) is 0 Å². The molecule has 0 fully saturated rings. The Balaban J connectivity index is 2.65. The normalized spacial score (nSPS) is 13.7. The van der Waals surface area contributed by atoms with E-state index in [1.165, 1.54) is 18.3 Å². The molecule has 1 heterocycles. The van der Waals surface area contributed by atoms with Crippen molar-refractivity contribution in [2.24, 2.45) is 4.99 Å². The zero-order valence-corrected chi connectivity index (χ0v) is 18.5. The van der Waals surface area contributed by atoms with Crippen molar-refractivity contribution in [3.05, 3.63) is 66.0 Å². The topological polar surface area (TPSA) is 81.5 Å². The van der Waals surface area contributed by atoms with Crippen molar-refractivity contribution in [3.63, 3.8) is 0 Å². The predicted molar refractivity (Wildman–Crippen MR) is 112 cm³/mol. The van der Waals surface area contributed by atoms with Gasteiger partial charge in [0.05, 0.1) is 11.3 Å². The molecule has 0 unspecified atom stereocenters. The van der Waals surface area contributed by atoms with E-state index in [2.05, 4.69) is 25.7 Å². The average Bonchev–Trinajstić information content (AvgIpc) is 2.74. The van der Waals surface area contributed by atoms with E-state index >= 15 is 0 Å². The number of allylic oxidation sites excluding steroid dienone is 2. The molecule has 6 nitrogen and oxygen atoms in total. The fourth-order valence-corrected chi connectivity index (χ4v) is 3.15. The first kappa shape index (κ1) is 26.4. The first-order valence-corrected chi connectivity index (χ1v) is 11.3. The molecular formula is C19H15F6N3O3S2. The van der Waals surface area contributed by atoms with Crippen LogP contribution >= 0.6 is 11.8 Å². The highest BCUT2D eigenvalue weighted by Gasteiger charge is 2.49. The Hall–Kier alpha value is -2.87. The Kier molecular flexibility index (Phi) is 7.96. The SMILES string of the molecule is C=C(/C(=C\C(=NC)OS(=O)(=O)C(F)(F)F)c1ccnc(SC)n1)c1cccc(C(F)(F)F)c1. The van der Waals surface area contributed by atoms with Gasteiger partial charge in [-0.15, -0.1) is 0 Å². The number of benzene rings is 1. The lowest BCUT2D eigenvalue weighted by Crippen LogP contribution is -2.27. The van der Waals surface area contributed by atoms with Gasteiger partial charge in [0.1, 0.15) is 0 Å². The number of halogens is 6. The van der Waals surface area contributed by atoms with Crippen molar-refractivity contribution in [1.29, 1.82) is 0 Å². The Morgan fingerprint density at radius 1 is 1.18 bits per heavy atom. The van der Waals surface area contributed by atoms with E-state index in [4.69, 9.17) is 0 Å². The summed E-state index contributed by atoms with van der Waals surface area (Å²) >= 11 is 1.12. The third-order valence-electron chi connectivity index (χ3n) is 3.92. The highest BCUT2D eigenvalue weighted by molar-refractivity contribution is 7.98. The third-order valence-corrected chi connectivity index (χ3v) is 5.44. The predicted octanol–water partition coefficient (Wildman–Crippen LogP) is 5.21. The highest BCUT2D eigenvalue weighted by atomic mass is 32.2. The molecule has 0 radical (unpaired) electrons. The van der Waals surface area contributed by atoms with Crippen LogP contribution in [0.4, 0.5) is 26.3 Å². The minimum Gasteiger partial charge on any atom is -0.356 e. The molecule has 33 heavy (non-hydrogen) atoms. The van der Waals surface area contributed by atoms with Crippen LogP contribution in [0.2, 0.25) is 0 Å². The molecule has 0 amide bonds. The van der Waals surface area contributed by atoms with E-state index in [9.17, 15) is 34.8 Å². The summed E-state index contributed by atoms with van der Waals surface area (Å²) in [5.74, 6) is -0.986. The van der Waals surface area contributed by atoms with Gasteiger partial charge in [-0.05, 0) is 35.6 Å². The number of rotatable bonds is 6. The van der Waals surface area contributed by atoms with Gasteiger partial charge in [-0.1, -0.05) is 30.5 Å². The van der Waals surface area contributed by atoms with Gasteiger partial charge in [0.15, 0.2) is 5.16 Å². The van der Waals surface area contributed by atoms with Crippen LogP contribution in [0.3, 0.4) is 0 Å². The van der Waals surface area contributed by atoms with Gasteiger partial charge in [-0.2, -0.15) is 34.8 Å². The first-order chi connectivity index (χ1) is 15.2. The second-order valence-corrected chi connectivity index (χ2v) is 8.40. The number of thioether (sulfide) groups is 1. The molecule has 1 aromatic carbocycles. The largest absolute Gasteiger partial charge is 0.534 e. The quantitative estimate of drug-likeness (QED) is 0.0775. The number of aromatic nitrogens is 2. The van der Waals surface area contributed by atoms with Gasteiger partial charge in [0.25, 0.3) is 0 Å². The maximum absolute atomic E-state index is 13.1. The summed E-state index contributed by atoms with van der Waals surface area (Å²) in [6, 6.07) is 5.33. The molecule has 0 atom stereocenters. The maximum atomic E-state index is 13.1. The van der Waals surface area contributed by atoms with E-state index in [0.717, 1.165) is 43.1 Å². The van der Waals surface area contributed by atoms with Gasteiger partial charge in [0, 0.05) is 24.9 Å². The fraction of sp³-hybridized carbons (Fsp3) is 0.211. The molecule has 0 aliphatic carbocycles. The van der Waals surface area contributed by atoms with Crippen LogP contribution in [0.15, 0.2) is 59.3 Å². The zero-order valence-electron chi connectivity index (χ0n) is 16.9. The Morgan fingerprint density at radius 3 is 2.39 bits per heavy atom. The second-order valence-electron chi connectivity index (χ2n) is 6.09. The lowest BCUT2D eigenvalue weighted by Gasteiger charge is -2.15. The average molecular weight is 511 g/mol. The summed E-state index contributed by atoms with van der Waals surface area (Å²) in [4.78, 5) is 11.5. The lowest BCUT2D eigenvalue weighted by molar-refractivity contribution is -0.137. The monoisotopic (exact) mass is 511 g/mol. The summed E-state index contributed by atoms with van der Waals surface area (Å²) in [6.07, 6.45) is -0.932. The van der Waals surface area contributed by atoms with Gasteiger partial charge < -0.3 is 4.18 Å². The van der Waals surface area contributed by atoms with Crippen LogP contribution in [0, 0.1) is 0 Å². The number of alkyl halides is 6. The van der Waals surface area contributed by atoms with Crippen molar-refractivity contribution in [2.45, 2.75) is 16.8 Å².